The van der Waals surface area contributed by atoms with E-state index in [1.807, 2.05) is 13.8 Å². The molecule has 21 heavy (non-hydrogen) atoms. The van der Waals surface area contributed by atoms with Crippen LogP contribution in [0.1, 0.15) is 26.7 Å². The predicted molar refractivity (Wildman–Crippen MR) is 80.8 cm³/mol. The Bertz CT molecular complexity index is 446. The normalized spacial score (nSPS) is 19.1. The number of nitrogens with one attached hydrogen (secondary N) is 1. The summed E-state index contributed by atoms with van der Waals surface area (Å²) in [5.74, 6) is 1.10. The largest absolute Gasteiger partial charge is 0.396 e. The minimum atomic E-state index is 0.000481. The fourth-order valence-electron chi connectivity index (χ4n) is 2.47. The standard InChI is InChI=1S/C15H24N4O2/c1-11(10-20)12(2)18-15(21)13-3-7-19(8-4-13)14-9-16-5-6-17-14/h5-6,9,11-13,20H,3-4,7-8,10H2,1-2H3,(H,18,21). The van der Waals surface area contributed by atoms with Crippen LogP contribution in [0.25, 0.3) is 0 Å². The van der Waals surface area contributed by atoms with Crippen LogP contribution in [-0.4, -0.2) is 46.7 Å². The van der Waals surface area contributed by atoms with Gasteiger partial charge in [0, 0.05) is 44.0 Å². The van der Waals surface area contributed by atoms with Crippen molar-refractivity contribution in [3.8, 4) is 0 Å². The molecule has 0 aromatic carbocycles. The molecule has 2 unspecified atom stereocenters. The summed E-state index contributed by atoms with van der Waals surface area (Å²) in [7, 11) is 0. The molecule has 2 rings (SSSR count). The number of nitrogens with zero attached hydrogens (tertiary/aromatic N) is 3. The Labute approximate surface area is 125 Å². The molecule has 0 saturated carbocycles. The Balaban J connectivity index is 1.82. The van der Waals surface area contributed by atoms with Crippen molar-refractivity contribution in [2.45, 2.75) is 32.7 Å². The van der Waals surface area contributed by atoms with Gasteiger partial charge < -0.3 is 15.3 Å². The van der Waals surface area contributed by atoms with Crippen LogP contribution in [0.3, 0.4) is 0 Å². The monoisotopic (exact) mass is 292 g/mol. The van der Waals surface area contributed by atoms with E-state index in [9.17, 15) is 4.79 Å². The Morgan fingerprint density at radius 3 is 2.71 bits per heavy atom. The van der Waals surface area contributed by atoms with Crippen molar-refractivity contribution in [2.75, 3.05) is 24.6 Å². The highest BCUT2D eigenvalue weighted by molar-refractivity contribution is 5.79. The number of rotatable bonds is 5. The Morgan fingerprint density at radius 2 is 2.14 bits per heavy atom. The van der Waals surface area contributed by atoms with Crippen LogP contribution in [0.15, 0.2) is 18.6 Å². The molecule has 1 aliphatic heterocycles. The van der Waals surface area contributed by atoms with Crippen LogP contribution >= 0.6 is 0 Å². The van der Waals surface area contributed by atoms with Crippen LogP contribution in [0.2, 0.25) is 0 Å². The number of carbonyl (C=O) groups excluding carboxylic acids is 1. The van der Waals surface area contributed by atoms with Gasteiger partial charge >= 0.3 is 0 Å². The van der Waals surface area contributed by atoms with E-state index < -0.39 is 0 Å². The maximum absolute atomic E-state index is 12.2. The number of aliphatic hydroxyl groups is 1. The molecule has 0 spiro atoms. The molecule has 0 radical (unpaired) electrons. The van der Waals surface area contributed by atoms with Gasteiger partial charge in [0.15, 0.2) is 0 Å². The molecular formula is C15H24N4O2. The summed E-state index contributed by atoms with van der Waals surface area (Å²) >= 11 is 0. The predicted octanol–water partition coefficient (Wildman–Crippen LogP) is 0.826. The number of piperidine rings is 1. The maximum Gasteiger partial charge on any atom is 0.223 e. The average Bonchev–Trinajstić information content (AvgIpc) is 2.55. The van der Waals surface area contributed by atoms with E-state index in [1.54, 1.807) is 18.6 Å². The van der Waals surface area contributed by atoms with Crippen LogP contribution in [-0.2, 0) is 4.79 Å². The molecule has 6 heteroatoms. The molecule has 1 aromatic heterocycles. The number of anilines is 1. The van der Waals surface area contributed by atoms with E-state index in [0.29, 0.717) is 0 Å². The summed E-state index contributed by atoms with van der Waals surface area (Å²) in [4.78, 5) is 22.8. The Morgan fingerprint density at radius 1 is 1.43 bits per heavy atom. The smallest absolute Gasteiger partial charge is 0.223 e. The summed E-state index contributed by atoms with van der Waals surface area (Å²) in [6.07, 6.45) is 6.75. The minimum absolute atomic E-state index is 0.000481. The lowest BCUT2D eigenvalue weighted by molar-refractivity contribution is -0.126. The maximum atomic E-state index is 12.2. The van der Waals surface area contributed by atoms with Gasteiger partial charge in [-0.1, -0.05) is 6.92 Å². The Kier molecular flexibility index (Phi) is 5.50. The molecule has 2 atom stereocenters. The van der Waals surface area contributed by atoms with Crippen molar-refractivity contribution >= 4 is 11.7 Å². The summed E-state index contributed by atoms with van der Waals surface area (Å²) in [6, 6.07) is 0.000481. The number of aromatic nitrogens is 2. The number of amides is 1. The highest BCUT2D eigenvalue weighted by atomic mass is 16.3. The lowest BCUT2D eigenvalue weighted by atomic mass is 9.94. The summed E-state index contributed by atoms with van der Waals surface area (Å²) < 4.78 is 0. The molecule has 1 saturated heterocycles. The van der Waals surface area contributed by atoms with Crippen molar-refractivity contribution in [3.63, 3.8) is 0 Å². The van der Waals surface area contributed by atoms with Crippen molar-refractivity contribution in [1.29, 1.82) is 0 Å². The molecule has 1 aromatic rings. The van der Waals surface area contributed by atoms with Crippen LogP contribution in [0.4, 0.5) is 5.82 Å². The highest BCUT2D eigenvalue weighted by Crippen LogP contribution is 2.21. The molecule has 6 nitrogen and oxygen atoms in total. The fraction of sp³-hybridized carbons (Fsp3) is 0.667. The van der Waals surface area contributed by atoms with E-state index in [-0.39, 0.29) is 30.4 Å². The van der Waals surface area contributed by atoms with E-state index >= 15 is 0 Å². The van der Waals surface area contributed by atoms with Gasteiger partial charge in [0.05, 0.1) is 6.20 Å². The Hall–Kier alpha value is -1.69. The van der Waals surface area contributed by atoms with Crippen molar-refractivity contribution in [3.05, 3.63) is 18.6 Å². The molecule has 0 bridgehead atoms. The van der Waals surface area contributed by atoms with Crippen LogP contribution in [0, 0.1) is 11.8 Å². The zero-order valence-electron chi connectivity index (χ0n) is 12.7. The van der Waals surface area contributed by atoms with Gasteiger partial charge in [-0.25, -0.2) is 4.98 Å². The van der Waals surface area contributed by atoms with Gasteiger partial charge in [-0.05, 0) is 25.7 Å². The minimum Gasteiger partial charge on any atom is -0.396 e. The zero-order chi connectivity index (χ0) is 15.2. The van der Waals surface area contributed by atoms with E-state index in [2.05, 4.69) is 20.2 Å². The van der Waals surface area contributed by atoms with E-state index in [4.69, 9.17) is 5.11 Å². The van der Waals surface area contributed by atoms with Crippen molar-refractivity contribution in [1.82, 2.24) is 15.3 Å². The van der Waals surface area contributed by atoms with Crippen molar-refractivity contribution in [2.24, 2.45) is 11.8 Å². The topological polar surface area (TPSA) is 78.4 Å². The molecule has 1 fully saturated rings. The molecular weight excluding hydrogens is 268 g/mol. The third kappa shape index (κ3) is 4.14. The number of hydrogen-bond donors (Lipinski definition) is 2. The summed E-state index contributed by atoms with van der Waals surface area (Å²) in [5, 5.41) is 12.1. The zero-order valence-corrected chi connectivity index (χ0v) is 12.7. The quantitative estimate of drug-likeness (QED) is 0.840. The third-order valence-corrected chi connectivity index (χ3v) is 4.25. The van der Waals surface area contributed by atoms with E-state index in [1.165, 1.54) is 0 Å². The fourth-order valence-corrected chi connectivity index (χ4v) is 2.47. The first kappa shape index (κ1) is 15.7. The first-order chi connectivity index (χ1) is 10.1. The van der Waals surface area contributed by atoms with Crippen LogP contribution in [0.5, 0.6) is 0 Å². The first-order valence-electron chi connectivity index (χ1n) is 7.54. The van der Waals surface area contributed by atoms with Gasteiger partial charge in [-0.15, -0.1) is 0 Å². The van der Waals surface area contributed by atoms with Gasteiger partial charge in [-0.3, -0.25) is 9.78 Å². The highest BCUT2D eigenvalue weighted by Gasteiger charge is 2.27. The number of hydrogen-bond acceptors (Lipinski definition) is 5. The SMILES string of the molecule is CC(CO)C(C)NC(=O)C1CCN(c2cnccn2)CC1. The van der Waals surface area contributed by atoms with Crippen LogP contribution < -0.4 is 10.2 Å². The number of carbonyl (C=O) groups is 1. The average molecular weight is 292 g/mol. The second-order valence-corrected chi connectivity index (χ2v) is 5.78. The van der Waals surface area contributed by atoms with Crippen molar-refractivity contribution < 1.29 is 9.90 Å². The van der Waals surface area contributed by atoms with Gasteiger partial charge in [0.25, 0.3) is 0 Å². The second kappa shape index (κ2) is 7.36. The second-order valence-electron chi connectivity index (χ2n) is 5.78. The summed E-state index contributed by atoms with van der Waals surface area (Å²) in [6.45, 7) is 5.60. The molecule has 1 amide bonds. The van der Waals surface area contributed by atoms with Gasteiger partial charge in [0.2, 0.25) is 5.91 Å². The molecule has 116 valence electrons. The van der Waals surface area contributed by atoms with Gasteiger partial charge in [0.1, 0.15) is 5.82 Å². The molecule has 1 aliphatic rings. The van der Waals surface area contributed by atoms with Gasteiger partial charge in [-0.2, -0.15) is 0 Å². The molecule has 2 heterocycles. The summed E-state index contributed by atoms with van der Waals surface area (Å²) in [5.41, 5.74) is 0. The van der Waals surface area contributed by atoms with E-state index in [0.717, 1.165) is 31.7 Å². The lowest BCUT2D eigenvalue weighted by Gasteiger charge is -2.32. The third-order valence-electron chi connectivity index (χ3n) is 4.25. The number of aliphatic hydroxyl groups excluding tert-OH is 1. The molecule has 2 N–H and O–H groups in total. The molecule has 0 aliphatic carbocycles. The first-order valence-corrected chi connectivity index (χ1v) is 7.54. The lowest BCUT2D eigenvalue weighted by Crippen LogP contribution is -2.45.